The second-order valence-corrected chi connectivity index (χ2v) is 7.58. The summed E-state index contributed by atoms with van der Waals surface area (Å²) in [7, 11) is 0. The van der Waals surface area contributed by atoms with Gasteiger partial charge in [-0.1, -0.05) is 26.8 Å². The van der Waals surface area contributed by atoms with Crippen LogP contribution >= 0.6 is 0 Å². The van der Waals surface area contributed by atoms with Crippen LogP contribution in [0.1, 0.15) is 59.3 Å². The monoisotopic (exact) mass is 234 g/mol. The summed E-state index contributed by atoms with van der Waals surface area (Å²) < 4.78 is 5.99. The standard InChI is InChI=1S/C16H26O/c1-5-13-16(17-13)11-10-15(16)8-6-12(7-9-15)14(2,3)4/h5,12-13H,1,6-11H2,2-4H3. The SMILES string of the molecule is C=CC1OC12CCC21CCC(C(C)(C)C)CC1. The molecule has 3 aliphatic rings. The first kappa shape index (κ1) is 11.8. The molecule has 2 unspecified atom stereocenters. The molecule has 1 nitrogen and oxygen atoms in total. The Hall–Kier alpha value is -0.300. The van der Waals surface area contributed by atoms with E-state index in [4.69, 9.17) is 4.74 Å². The smallest absolute Gasteiger partial charge is 0.106 e. The Morgan fingerprint density at radius 3 is 2.12 bits per heavy atom. The number of hydrogen-bond donors (Lipinski definition) is 0. The maximum absolute atomic E-state index is 5.99. The lowest BCUT2D eigenvalue weighted by Crippen LogP contribution is -2.52. The van der Waals surface area contributed by atoms with E-state index in [9.17, 15) is 0 Å². The molecule has 2 spiro atoms. The molecule has 2 aliphatic carbocycles. The van der Waals surface area contributed by atoms with Gasteiger partial charge in [0.25, 0.3) is 0 Å². The van der Waals surface area contributed by atoms with E-state index in [-0.39, 0.29) is 5.60 Å². The molecular weight excluding hydrogens is 208 g/mol. The first-order chi connectivity index (χ1) is 7.94. The highest BCUT2D eigenvalue weighted by molar-refractivity contribution is 5.26. The highest BCUT2D eigenvalue weighted by Gasteiger charge is 2.73. The van der Waals surface area contributed by atoms with E-state index in [1.165, 1.54) is 38.5 Å². The molecule has 96 valence electrons. The molecule has 0 amide bonds. The highest BCUT2D eigenvalue weighted by atomic mass is 16.6. The minimum Gasteiger partial charge on any atom is -0.361 e. The molecule has 2 atom stereocenters. The fraction of sp³-hybridized carbons (Fsp3) is 0.875. The van der Waals surface area contributed by atoms with Crippen LogP contribution < -0.4 is 0 Å². The summed E-state index contributed by atoms with van der Waals surface area (Å²) in [5, 5.41) is 0. The van der Waals surface area contributed by atoms with Crippen molar-refractivity contribution < 1.29 is 4.74 Å². The summed E-state index contributed by atoms with van der Waals surface area (Å²) in [6, 6.07) is 0. The van der Waals surface area contributed by atoms with Crippen molar-refractivity contribution in [2.24, 2.45) is 16.7 Å². The lowest BCUT2D eigenvalue weighted by Gasteiger charge is -2.54. The molecule has 1 saturated heterocycles. The molecule has 0 aromatic carbocycles. The fourth-order valence-corrected chi connectivity index (χ4v) is 4.49. The van der Waals surface area contributed by atoms with E-state index >= 15 is 0 Å². The normalized spacial score (nSPS) is 49.1. The first-order valence-corrected chi connectivity index (χ1v) is 7.24. The maximum Gasteiger partial charge on any atom is 0.106 e. The van der Waals surface area contributed by atoms with Crippen molar-refractivity contribution in [3.63, 3.8) is 0 Å². The van der Waals surface area contributed by atoms with Crippen molar-refractivity contribution in [1.82, 2.24) is 0 Å². The van der Waals surface area contributed by atoms with Crippen LogP contribution in [0.3, 0.4) is 0 Å². The number of ether oxygens (including phenoxy) is 1. The third kappa shape index (κ3) is 1.47. The quantitative estimate of drug-likeness (QED) is 0.486. The van der Waals surface area contributed by atoms with Gasteiger partial charge >= 0.3 is 0 Å². The van der Waals surface area contributed by atoms with Gasteiger partial charge in [0.05, 0.1) is 0 Å². The van der Waals surface area contributed by atoms with Gasteiger partial charge in [-0.3, -0.25) is 0 Å². The zero-order valence-corrected chi connectivity index (χ0v) is 11.6. The predicted molar refractivity (Wildman–Crippen MR) is 70.9 cm³/mol. The second-order valence-electron chi connectivity index (χ2n) is 7.58. The van der Waals surface area contributed by atoms with Gasteiger partial charge in [0.2, 0.25) is 0 Å². The zero-order valence-electron chi connectivity index (χ0n) is 11.6. The molecular formula is C16H26O. The number of rotatable bonds is 1. The summed E-state index contributed by atoms with van der Waals surface area (Å²) >= 11 is 0. The van der Waals surface area contributed by atoms with E-state index in [1.54, 1.807) is 0 Å². The average molecular weight is 234 g/mol. The fourth-order valence-electron chi connectivity index (χ4n) is 4.49. The van der Waals surface area contributed by atoms with Crippen LogP contribution in [0.4, 0.5) is 0 Å². The summed E-state index contributed by atoms with van der Waals surface area (Å²) in [6.07, 6.45) is 10.7. The Balaban J connectivity index is 1.68. The minimum atomic E-state index is 0.248. The lowest BCUT2D eigenvalue weighted by molar-refractivity contribution is -0.0603. The predicted octanol–water partition coefficient (Wildman–Crippen LogP) is 4.33. The van der Waals surface area contributed by atoms with E-state index in [0.717, 1.165) is 5.92 Å². The summed E-state index contributed by atoms with van der Waals surface area (Å²) in [6.45, 7) is 11.1. The number of hydrogen-bond acceptors (Lipinski definition) is 1. The molecule has 1 heteroatoms. The second kappa shape index (κ2) is 3.38. The van der Waals surface area contributed by atoms with Crippen LogP contribution in [-0.4, -0.2) is 11.7 Å². The first-order valence-electron chi connectivity index (χ1n) is 7.24. The Kier molecular flexibility index (Phi) is 2.34. The van der Waals surface area contributed by atoms with Crippen molar-refractivity contribution in [2.75, 3.05) is 0 Å². The van der Waals surface area contributed by atoms with Gasteiger partial charge in [0.1, 0.15) is 11.7 Å². The highest BCUT2D eigenvalue weighted by Crippen LogP contribution is 2.70. The Morgan fingerprint density at radius 1 is 1.12 bits per heavy atom. The van der Waals surface area contributed by atoms with Crippen LogP contribution in [0.25, 0.3) is 0 Å². The molecule has 0 aromatic heterocycles. The van der Waals surface area contributed by atoms with Gasteiger partial charge in [0, 0.05) is 5.41 Å². The Morgan fingerprint density at radius 2 is 1.76 bits per heavy atom. The molecule has 0 bridgehead atoms. The van der Waals surface area contributed by atoms with Crippen LogP contribution in [0.2, 0.25) is 0 Å². The number of fused-ring (bicyclic) bond motifs is 1. The molecule has 0 radical (unpaired) electrons. The van der Waals surface area contributed by atoms with E-state index < -0.39 is 0 Å². The van der Waals surface area contributed by atoms with Gasteiger partial charge in [-0.15, -0.1) is 6.58 Å². The van der Waals surface area contributed by atoms with Crippen molar-refractivity contribution in [3.05, 3.63) is 12.7 Å². The van der Waals surface area contributed by atoms with Crippen LogP contribution in [-0.2, 0) is 4.74 Å². The van der Waals surface area contributed by atoms with Gasteiger partial charge < -0.3 is 4.74 Å². The van der Waals surface area contributed by atoms with Gasteiger partial charge in [-0.25, -0.2) is 0 Å². The van der Waals surface area contributed by atoms with Crippen LogP contribution in [0.15, 0.2) is 12.7 Å². The molecule has 0 N–H and O–H groups in total. The molecule has 0 aromatic rings. The average Bonchev–Trinajstić information content (AvgIpc) is 3.04. The lowest BCUT2D eigenvalue weighted by atomic mass is 9.50. The van der Waals surface area contributed by atoms with Gasteiger partial charge in [-0.05, 0) is 49.9 Å². The molecule has 3 rings (SSSR count). The summed E-state index contributed by atoms with van der Waals surface area (Å²) in [4.78, 5) is 0. The zero-order chi connectivity index (χ0) is 12.3. The Bertz CT molecular complexity index is 330. The third-order valence-electron chi connectivity index (χ3n) is 5.99. The third-order valence-corrected chi connectivity index (χ3v) is 5.99. The molecule has 1 heterocycles. The molecule has 17 heavy (non-hydrogen) atoms. The van der Waals surface area contributed by atoms with Crippen LogP contribution in [0, 0.1) is 16.7 Å². The molecule has 1 aliphatic heterocycles. The summed E-state index contributed by atoms with van der Waals surface area (Å²) in [5.74, 6) is 0.909. The van der Waals surface area contributed by atoms with Gasteiger partial charge in [0.15, 0.2) is 0 Å². The topological polar surface area (TPSA) is 12.5 Å². The molecule has 2 saturated carbocycles. The minimum absolute atomic E-state index is 0.248. The van der Waals surface area contributed by atoms with E-state index in [2.05, 4.69) is 27.4 Å². The largest absolute Gasteiger partial charge is 0.361 e. The number of epoxide rings is 1. The van der Waals surface area contributed by atoms with E-state index in [1.807, 2.05) is 6.08 Å². The maximum atomic E-state index is 5.99. The molecule has 3 fully saturated rings. The van der Waals surface area contributed by atoms with Gasteiger partial charge in [-0.2, -0.15) is 0 Å². The van der Waals surface area contributed by atoms with Crippen molar-refractivity contribution in [2.45, 2.75) is 71.0 Å². The Labute approximate surface area is 106 Å². The summed E-state index contributed by atoms with van der Waals surface area (Å²) in [5.41, 5.74) is 1.27. The van der Waals surface area contributed by atoms with Crippen molar-refractivity contribution in [3.8, 4) is 0 Å². The van der Waals surface area contributed by atoms with Crippen LogP contribution in [0.5, 0.6) is 0 Å². The van der Waals surface area contributed by atoms with E-state index in [0.29, 0.717) is 16.9 Å². The van der Waals surface area contributed by atoms with Crippen molar-refractivity contribution >= 4 is 0 Å². The van der Waals surface area contributed by atoms with Crippen molar-refractivity contribution in [1.29, 1.82) is 0 Å².